The maximum Gasteiger partial charge on any atom is 0.119 e. The Balaban J connectivity index is 1.93. The van der Waals surface area contributed by atoms with Gasteiger partial charge in [-0.15, -0.1) is 0 Å². The van der Waals surface area contributed by atoms with Crippen LogP contribution in [0.2, 0.25) is 0 Å². The lowest BCUT2D eigenvalue weighted by Crippen LogP contribution is -2.01. The van der Waals surface area contributed by atoms with Crippen LogP contribution in [0.5, 0.6) is 5.75 Å². The minimum atomic E-state index is 0.855. The van der Waals surface area contributed by atoms with Crippen molar-refractivity contribution in [1.29, 1.82) is 0 Å². The summed E-state index contributed by atoms with van der Waals surface area (Å²) >= 11 is 0. The molecule has 0 amide bonds. The van der Waals surface area contributed by atoms with Crippen LogP contribution in [0.1, 0.15) is 17.0 Å². The Hall–Kier alpha value is -2.81. The van der Waals surface area contributed by atoms with E-state index in [1.807, 2.05) is 30.5 Å². The Morgan fingerprint density at radius 3 is 2.22 bits per heavy atom. The number of benzene rings is 2. The number of aryl methyl sites for hydroxylation is 2. The van der Waals surface area contributed by atoms with Gasteiger partial charge in [0.2, 0.25) is 0 Å². The van der Waals surface area contributed by atoms with Crippen molar-refractivity contribution in [2.75, 3.05) is 7.11 Å². The lowest BCUT2D eigenvalue weighted by molar-refractivity contribution is 0.414. The molecular formula is C20H20N2O. The third kappa shape index (κ3) is 3.34. The highest BCUT2D eigenvalue weighted by Gasteiger charge is 2.06. The van der Waals surface area contributed by atoms with E-state index in [4.69, 9.17) is 4.74 Å². The molecule has 0 aliphatic rings. The van der Waals surface area contributed by atoms with E-state index in [1.165, 1.54) is 11.3 Å². The molecule has 23 heavy (non-hydrogen) atoms. The zero-order chi connectivity index (χ0) is 16.2. The van der Waals surface area contributed by atoms with Crippen LogP contribution in [-0.2, 0) is 0 Å². The van der Waals surface area contributed by atoms with Gasteiger partial charge in [-0.3, -0.25) is 4.99 Å². The second kappa shape index (κ2) is 6.53. The molecule has 0 atom stereocenters. The van der Waals surface area contributed by atoms with Crippen molar-refractivity contribution in [3.63, 3.8) is 0 Å². The molecule has 0 fully saturated rings. The molecule has 3 aromatic rings. The predicted octanol–water partition coefficient (Wildman–Crippen LogP) is 4.85. The molecule has 0 saturated carbocycles. The Morgan fingerprint density at radius 2 is 1.57 bits per heavy atom. The maximum atomic E-state index is 5.23. The SMILES string of the molecule is COc1ccc(-n2c(C)ccc2C=Nc2ccc(C)cc2)cc1. The molecule has 0 unspecified atom stereocenters. The number of ether oxygens (including phenoxy) is 1. The number of hydrogen-bond acceptors (Lipinski definition) is 2. The molecule has 3 nitrogen and oxygen atoms in total. The zero-order valence-corrected chi connectivity index (χ0v) is 13.7. The summed E-state index contributed by atoms with van der Waals surface area (Å²) < 4.78 is 7.40. The van der Waals surface area contributed by atoms with E-state index < -0.39 is 0 Å². The smallest absolute Gasteiger partial charge is 0.119 e. The molecule has 1 heterocycles. The fraction of sp³-hybridized carbons (Fsp3) is 0.150. The van der Waals surface area contributed by atoms with E-state index in [1.54, 1.807) is 7.11 Å². The van der Waals surface area contributed by atoms with E-state index in [9.17, 15) is 0 Å². The molecule has 3 heteroatoms. The summed E-state index contributed by atoms with van der Waals surface area (Å²) in [7, 11) is 1.68. The molecule has 3 rings (SSSR count). The van der Waals surface area contributed by atoms with Crippen LogP contribution in [0.25, 0.3) is 5.69 Å². The molecule has 0 bridgehead atoms. The zero-order valence-electron chi connectivity index (χ0n) is 13.7. The van der Waals surface area contributed by atoms with Gasteiger partial charge in [0.25, 0.3) is 0 Å². The number of rotatable bonds is 4. The van der Waals surface area contributed by atoms with Crippen LogP contribution in [0.4, 0.5) is 5.69 Å². The van der Waals surface area contributed by atoms with Gasteiger partial charge in [-0.05, 0) is 62.4 Å². The first-order valence-electron chi connectivity index (χ1n) is 7.61. The van der Waals surface area contributed by atoms with Gasteiger partial charge < -0.3 is 9.30 Å². The number of aliphatic imine (C=N–C) groups is 1. The van der Waals surface area contributed by atoms with Gasteiger partial charge in [0, 0.05) is 11.4 Å². The third-order valence-corrected chi connectivity index (χ3v) is 3.82. The van der Waals surface area contributed by atoms with Crippen molar-refractivity contribution in [3.05, 3.63) is 77.6 Å². The van der Waals surface area contributed by atoms with Crippen LogP contribution in [0, 0.1) is 13.8 Å². The number of nitrogens with zero attached hydrogens (tertiary/aromatic N) is 2. The Morgan fingerprint density at radius 1 is 0.870 bits per heavy atom. The summed E-state index contributed by atoms with van der Waals surface area (Å²) in [5.41, 5.74) is 5.50. The largest absolute Gasteiger partial charge is 0.497 e. The fourth-order valence-corrected chi connectivity index (χ4v) is 2.51. The summed E-state index contributed by atoms with van der Waals surface area (Å²) in [6.07, 6.45) is 1.90. The Kier molecular flexibility index (Phi) is 4.29. The number of aromatic nitrogens is 1. The average Bonchev–Trinajstić information content (AvgIpc) is 2.95. The lowest BCUT2D eigenvalue weighted by Gasteiger charge is -2.10. The molecule has 0 aliphatic carbocycles. The number of hydrogen-bond donors (Lipinski definition) is 0. The average molecular weight is 304 g/mol. The first kappa shape index (κ1) is 15.1. The Bertz CT molecular complexity index is 812. The summed E-state index contributed by atoms with van der Waals surface area (Å²) in [5.74, 6) is 0.855. The Labute approximate surface area is 136 Å². The maximum absolute atomic E-state index is 5.23. The van der Waals surface area contributed by atoms with Gasteiger partial charge in [-0.25, -0.2) is 0 Å². The molecule has 0 aliphatic heterocycles. The number of methoxy groups -OCH3 is 1. The van der Waals surface area contributed by atoms with Gasteiger partial charge in [-0.1, -0.05) is 17.7 Å². The highest BCUT2D eigenvalue weighted by Crippen LogP contribution is 2.20. The van der Waals surface area contributed by atoms with Crippen LogP contribution in [0.3, 0.4) is 0 Å². The molecule has 1 aromatic heterocycles. The second-order valence-corrected chi connectivity index (χ2v) is 5.53. The monoisotopic (exact) mass is 304 g/mol. The van der Waals surface area contributed by atoms with Crippen LogP contribution in [0.15, 0.2) is 65.7 Å². The highest BCUT2D eigenvalue weighted by molar-refractivity contribution is 5.81. The summed E-state index contributed by atoms with van der Waals surface area (Å²) in [6.45, 7) is 4.17. The van der Waals surface area contributed by atoms with Gasteiger partial charge >= 0.3 is 0 Å². The second-order valence-electron chi connectivity index (χ2n) is 5.53. The van der Waals surface area contributed by atoms with Crippen molar-refractivity contribution < 1.29 is 4.74 Å². The van der Waals surface area contributed by atoms with Gasteiger partial charge in [0.1, 0.15) is 5.75 Å². The third-order valence-electron chi connectivity index (χ3n) is 3.82. The van der Waals surface area contributed by atoms with Crippen molar-refractivity contribution >= 4 is 11.9 Å². The molecule has 0 N–H and O–H groups in total. The van der Waals surface area contributed by atoms with Crippen molar-refractivity contribution in [2.24, 2.45) is 4.99 Å². The molecule has 0 saturated heterocycles. The van der Waals surface area contributed by atoms with E-state index >= 15 is 0 Å². The minimum Gasteiger partial charge on any atom is -0.497 e. The predicted molar refractivity (Wildman–Crippen MR) is 95.5 cm³/mol. The summed E-state index contributed by atoms with van der Waals surface area (Å²) in [5, 5.41) is 0. The quantitative estimate of drug-likeness (QED) is 0.633. The normalized spacial score (nSPS) is 11.1. The van der Waals surface area contributed by atoms with Crippen molar-refractivity contribution in [2.45, 2.75) is 13.8 Å². The van der Waals surface area contributed by atoms with E-state index in [2.05, 4.69) is 59.8 Å². The van der Waals surface area contributed by atoms with Crippen LogP contribution >= 0.6 is 0 Å². The summed E-state index contributed by atoms with van der Waals surface area (Å²) in [4.78, 5) is 4.58. The first-order valence-corrected chi connectivity index (χ1v) is 7.61. The first-order chi connectivity index (χ1) is 11.2. The molecule has 0 radical (unpaired) electrons. The van der Waals surface area contributed by atoms with E-state index in [0.717, 1.165) is 22.8 Å². The van der Waals surface area contributed by atoms with Gasteiger partial charge in [-0.2, -0.15) is 0 Å². The fourth-order valence-electron chi connectivity index (χ4n) is 2.51. The molecular weight excluding hydrogens is 284 g/mol. The van der Waals surface area contributed by atoms with Gasteiger partial charge in [0.05, 0.1) is 24.7 Å². The molecule has 2 aromatic carbocycles. The topological polar surface area (TPSA) is 26.5 Å². The van der Waals surface area contributed by atoms with Crippen molar-refractivity contribution in [1.82, 2.24) is 4.57 Å². The lowest BCUT2D eigenvalue weighted by atomic mass is 10.2. The van der Waals surface area contributed by atoms with E-state index in [-0.39, 0.29) is 0 Å². The highest BCUT2D eigenvalue weighted by atomic mass is 16.5. The van der Waals surface area contributed by atoms with E-state index in [0.29, 0.717) is 0 Å². The van der Waals surface area contributed by atoms with Gasteiger partial charge in [0.15, 0.2) is 0 Å². The molecule has 116 valence electrons. The summed E-state index contributed by atoms with van der Waals surface area (Å²) in [6, 6.07) is 20.4. The van der Waals surface area contributed by atoms with Crippen molar-refractivity contribution in [3.8, 4) is 11.4 Å². The standard InChI is InChI=1S/C20H20N2O/c1-15-4-7-17(8-5-15)21-14-19-9-6-16(2)22(19)18-10-12-20(23-3)13-11-18/h4-14H,1-3H3. The van der Waals surface area contributed by atoms with Crippen LogP contribution in [-0.4, -0.2) is 17.9 Å². The van der Waals surface area contributed by atoms with Crippen LogP contribution < -0.4 is 4.74 Å². The molecule has 0 spiro atoms. The minimum absolute atomic E-state index is 0.855.